The number of nitrogens with zero attached hydrogens (tertiary/aromatic N) is 7. The summed E-state index contributed by atoms with van der Waals surface area (Å²) in [5, 5.41) is 15.2. The minimum absolute atomic E-state index is 0.216. The molecule has 172 valence electrons. The molecule has 1 N–H and O–H groups in total. The van der Waals surface area contributed by atoms with Gasteiger partial charge in [-0.15, -0.1) is 10.2 Å². The van der Waals surface area contributed by atoms with Crippen molar-refractivity contribution in [3.05, 3.63) is 48.2 Å². The van der Waals surface area contributed by atoms with Crippen molar-refractivity contribution >= 4 is 11.6 Å². The van der Waals surface area contributed by atoms with Crippen LogP contribution in [0.25, 0.3) is 22.6 Å². The van der Waals surface area contributed by atoms with Gasteiger partial charge in [-0.25, -0.2) is 9.37 Å². The molecule has 8 nitrogen and oxygen atoms in total. The van der Waals surface area contributed by atoms with Crippen molar-refractivity contribution in [1.29, 1.82) is 0 Å². The smallest absolute Gasteiger partial charge is 0.306 e. The number of aromatic nitrogens is 7. The molecule has 5 rings (SSSR count). The van der Waals surface area contributed by atoms with Crippen LogP contribution in [-0.2, 0) is 19.5 Å². The molecule has 0 aromatic carbocycles. The first-order valence-corrected chi connectivity index (χ1v) is 10.6. The number of hydrogen-bond acceptors (Lipinski definition) is 5. The Bertz CT molecular complexity index is 1320. The molecule has 0 aliphatic carbocycles. The summed E-state index contributed by atoms with van der Waals surface area (Å²) in [6.45, 7) is 2.74. The summed E-state index contributed by atoms with van der Waals surface area (Å²) in [6, 6.07) is 4.83. The average Bonchev–Trinajstić information content (AvgIpc) is 3.52. The molecule has 4 aromatic rings. The predicted molar refractivity (Wildman–Crippen MR) is 117 cm³/mol. The van der Waals surface area contributed by atoms with Crippen LogP contribution in [0.1, 0.15) is 30.8 Å². The molecule has 0 saturated heterocycles. The zero-order valence-electron chi connectivity index (χ0n) is 18.4. The molecule has 5 heterocycles. The normalized spacial score (nSPS) is 15.4. The number of halogens is 3. The largest absolute Gasteiger partial charge is 0.342 e. The van der Waals surface area contributed by atoms with E-state index in [1.54, 1.807) is 17.1 Å². The van der Waals surface area contributed by atoms with Gasteiger partial charge in [-0.2, -0.15) is 13.9 Å². The number of anilines is 2. The quantitative estimate of drug-likeness (QED) is 0.458. The number of nitrogens with one attached hydrogen (secondary N) is 1. The lowest BCUT2D eigenvalue weighted by Crippen LogP contribution is -2.29. The predicted octanol–water partition coefficient (Wildman–Crippen LogP) is 4.62. The summed E-state index contributed by atoms with van der Waals surface area (Å²) < 4.78 is 47.7. The van der Waals surface area contributed by atoms with E-state index >= 15 is 0 Å². The van der Waals surface area contributed by atoms with Crippen LogP contribution >= 0.6 is 0 Å². The second-order valence-corrected chi connectivity index (χ2v) is 8.20. The van der Waals surface area contributed by atoms with Crippen LogP contribution in [0.4, 0.5) is 24.8 Å². The number of fused-ring (bicyclic) bond motifs is 3. The van der Waals surface area contributed by atoms with E-state index in [4.69, 9.17) is 0 Å². The van der Waals surface area contributed by atoms with E-state index in [1.165, 1.54) is 11.5 Å². The third-order valence-electron chi connectivity index (χ3n) is 6.03. The lowest BCUT2D eigenvalue weighted by molar-refractivity contribution is -0.0233. The van der Waals surface area contributed by atoms with Gasteiger partial charge in [0.25, 0.3) is 0 Å². The van der Waals surface area contributed by atoms with Crippen molar-refractivity contribution < 1.29 is 13.2 Å². The molecule has 0 amide bonds. The van der Waals surface area contributed by atoms with E-state index in [1.807, 2.05) is 42.9 Å². The fourth-order valence-corrected chi connectivity index (χ4v) is 4.17. The number of hydrogen-bond donors (Lipinski definition) is 1. The van der Waals surface area contributed by atoms with Gasteiger partial charge in [-0.3, -0.25) is 9.25 Å². The van der Waals surface area contributed by atoms with E-state index in [0.717, 1.165) is 22.5 Å². The van der Waals surface area contributed by atoms with Crippen LogP contribution < -0.4 is 5.32 Å². The van der Waals surface area contributed by atoms with E-state index in [0.29, 0.717) is 11.5 Å². The fraction of sp³-hybridized carbons (Fsp3) is 0.364. The van der Waals surface area contributed by atoms with Gasteiger partial charge in [0.15, 0.2) is 5.82 Å². The molecule has 0 radical (unpaired) electrons. The highest BCUT2D eigenvalue weighted by Crippen LogP contribution is 2.40. The number of rotatable bonds is 6. The van der Waals surface area contributed by atoms with Crippen LogP contribution in [-0.4, -0.2) is 40.8 Å². The second kappa shape index (κ2) is 7.75. The maximum atomic E-state index is 14.5. The molecule has 0 spiro atoms. The van der Waals surface area contributed by atoms with Gasteiger partial charge >= 0.3 is 5.92 Å². The first kappa shape index (κ1) is 21.2. The van der Waals surface area contributed by atoms with Crippen LogP contribution in [0.5, 0.6) is 0 Å². The van der Waals surface area contributed by atoms with Crippen molar-refractivity contribution in [2.45, 2.75) is 38.8 Å². The molecule has 4 aromatic heterocycles. The van der Waals surface area contributed by atoms with Gasteiger partial charge < -0.3 is 9.88 Å². The Morgan fingerprint density at radius 1 is 1.24 bits per heavy atom. The number of alkyl halides is 3. The summed E-state index contributed by atoms with van der Waals surface area (Å²) in [5.41, 5.74) is 3.34. The third kappa shape index (κ3) is 3.47. The van der Waals surface area contributed by atoms with Gasteiger partial charge in [-0.1, -0.05) is 6.92 Å². The number of aryl methyl sites for hydroxylation is 2. The molecular weight excluding hydrogens is 433 g/mol. The van der Waals surface area contributed by atoms with Gasteiger partial charge in [-0.05, 0) is 30.2 Å². The average molecular weight is 456 g/mol. The van der Waals surface area contributed by atoms with E-state index in [2.05, 4.69) is 25.6 Å². The topological polar surface area (TPSA) is 78.4 Å². The van der Waals surface area contributed by atoms with Crippen molar-refractivity contribution in [3.63, 3.8) is 0 Å². The highest BCUT2D eigenvalue weighted by Gasteiger charge is 2.40. The summed E-state index contributed by atoms with van der Waals surface area (Å²) >= 11 is 0. The molecule has 33 heavy (non-hydrogen) atoms. The van der Waals surface area contributed by atoms with E-state index in [9.17, 15) is 13.2 Å². The Labute approximate surface area is 188 Å². The first-order valence-electron chi connectivity index (χ1n) is 10.6. The lowest BCUT2D eigenvalue weighted by Gasteiger charge is -2.27. The molecule has 0 saturated carbocycles. The Balaban J connectivity index is 1.57. The summed E-state index contributed by atoms with van der Waals surface area (Å²) in [7, 11) is 1.83. The Kier molecular flexibility index (Phi) is 4.98. The van der Waals surface area contributed by atoms with E-state index in [-0.39, 0.29) is 12.4 Å². The Morgan fingerprint density at radius 3 is 2.76 bits per heavy atom. The van der Waals surface area contributed by atoms with Gasteiger partial charge in [0, 0.05) is 44.0 Å². The maximum Gasteiger partial charge on any atom is 0.306 e. The standard InChI is InChI=1S/C22H23F3N8/c1-4-22(24,25)21-30-29-20-17-7-14(11-32(17)12-15(9-23)33(20)21)16-8-18(26-10-13(16)2)28-19-5-6-27-31(19)3/h5-8,10-11,15H,4,9,12H2,1-3H3,(H,26,28)/t15-/m0/s1. The molecule has 0 fully saturated rings. The Morgan fingerprint density at radius 2 is 2.06 bits per heavy atom. The second-order valence-electron chi connectivity index (χ2n) is 8.20. The van der Waals surface area contributed by atoms with Crippen molar-refractivity contribution in [1.82, 2.24) is 34.1 Å². The molecule has 1 atom stereocenters. The summed E-state index contributed by atoms with van der Waals surface area (Å²) in [5.74, 6) is -1.99. The maximum absolute atomic E-state index is 14.5. The van der Waals surface area contributed by atoms with Crippen LogP contribution in [0.2, 0.25) is 0 Å². The number of pyridine rings is 1. The van der Waals surface area contributed by atoms with Crippen LogP contribution in [0.3, 0.4) is 0 Å². The van der Waals surface area contributed by atoms with Gasteiger partial charge in [0.1, 0.15) is 18.3 Å². The molecule has 0 bridgehead atoms. The molecular formula is C22H23F3N8. The van der Waals surface area contributed by atoms with E-state index < -0.39 is 30.9 Å². The fourth-order valence-electron chi connectivity index (χ4n) is 4.17. The van der Waals surface area contributed by atoms with Gasteiger partial charge in [0.05, 0.1) is 17.9 Å². The monoisotopic (exact) mass is 456 g/mol. The van der Waals surface area contributed by atoms with Crippen molar-refractivity contribution in [2.75, 3.05) is 12.0 Å². The minimum Gasteiger partial charge on any atom is -0.342 e. The zero-order chi connectivity index (χ0) is 23.3. The summed E-state index contributed by atoms with van der Waals surface area (Å²) in [4.78, 5) is 4.44. The molecule has 1 aliphatic rings. The first-order chi connectivity index (χ1) is 15.8. The highest BCUT2D eigenvalue weighted by molar-refractivity contribution is 5.75. The SMILES string of the molecule is CCC(F)(F)c1nnc2n1[C@@H](CF)Cn1cc(-c3cc(Nc4ccnn4C)ncc3C)cc1-2. The lowest BCUT2D eigenvalue weighted by atomic mass is 10.1. The Hall–Kier alpha value is -3.63. The van der Waals surface area contributed by atoms with Crippen molar-refractivity contribution in [3.8, 4) is 22.6 Å². The van der Waals surface area contributed by atoms with Crippen LogP contribution in [0.15, 0.2) is 36.8 Å². The minimum atomic E-state index is -3.18. The molecule has 1 aliphatic heterocycles. The highest BCUT2D eigenvalue weighted by atomic mass is 19.3. The van der Waals surface area contributed by atoms with Gasteiger partial charge in [0.2, 0.25) is 5.82 Å². The molecule has 0 unspecified atom stereocenters. The van der Waals surface area contributed by atoms with Crippen molar-refractivity contribution in [2.24, 2.45) is 7.05 Å². The summed E-state index contributed by atoms with van der Waals surface area (Å²) in [6.07, 6.45) is 4.91. The van der Waals surface area contributed by atoms with Crippen LogP contribution in [0, 0.1) is 6.92 Å². The zero-order valence-corrected chi connectivity index (χ0v) is 18.4. The molecule has 11 heteroatoms. The third-order valence-corrected chi connectivity index (χ3v) is 6.03.